The van der Waals surface area contributed by atoms with Gasteiger partial charge in [0, 0.05) is 24.1 Å². The van der Waals surface area contributed by atoms with Gasteiger partial charge in [0.2, 0.25) is 0 Å². The zero-order valence-electron chi connectivity index (χ0n) is 10.4. The Labute approximate surface area is 110 Å². The molecule has 0 saturated carbocycles. The summed E-state index contributed by atoms with van der Waals surface area (Å²) in [6, 6.07) is 6.39. The molecule has 2 rings (SSSR count). The van der Waals surface area contributed by atoms with E-state index in [-0.39, 0.29) is 5.82 Å². The summed E-state index contributed by atoms with van der Waals surface area (Å²) in [5.74, 6) is -0.233. The smallest absolute Gasteiger partial charge is 0.124 e. The lowest BCUT2D eigenvalue weighted by Crippen LogP contribution is -2.06. The monoisotopic (exact) mass is 266 g/mol. The van der Waals surface area contributed by atoms with Crippen LogP contribution in [0.3, 0.4) is 0 Å². The summed E-state index contributed by atoms with van der Waals surface area (Å²) < 4.78 is 18.0. The fourth-order valence-corrected chi connectivity index (χ4v) is 2.73. The number of nitrogens with zero attached hydrogens (tertiary/aromatic N) is 1. The zero-order chi connectivity index (χ0) is 13.0. The van der Waals surface area contributed by atoms with Crippen LogP contribution in [0.25, 0.3) is 10.6 Å². The lowest BCUT2D eigenvalue weighted by atomic mass is 10.2. The Bertz CT molecular complexity index is 487. The fraction of sp³-hybridized carbons (Fsp3) is 0.308. The fourth-order valence-electron chi connectivity index (χ4n) is 1.65. The van der Waals surface area contributed by atoms with Crippen molar-refractivity contribution in [1.29, 1.82) is 0 Å². The molecule has 1 aromatic heterocycles. The maximum absolute atomic E-state index is 12.9. The van der Waals surface area contributed by atoms with Gasteiger partial charge in [-0.25, -0.2) is 9.37 Å². The molecule has 1 aromatic carbocycles. The maximum Gasteiger partial charge on any atom is 0.124 e. The van der Waals surface area contributed by atoms with Crippen LogP contribution in [0, 0.1) is 5.82 Å². The highest BCUT2D eigenvalue weighted by Crippen LogP contribution is 2.28. The molecule has 0 fully saturated rings. The van der Waals surface area contributed by atoms with Crippen molar-refractivity contribution in [3.63, 3.8) is 0 Å². The number of ether oxygens (including phenoxy) is 1. The molecule has 0 amide bonds. The second-order valence-electron chi connectivity index (χ2n) is 3.86. The summed E-state index contributed by atoms with van der Waals surface area (Å²) >= 11 is 1.61. The van der Waals surface area contributed by atoms with Crippen LogP contribution in [0.5, 0.6) is 0 Å². The van der Waals surface area contributed by atoms with Crippen molar-refractivity contribution in [1.82, 2.24) is 10.3 Å². The van der Waals surface area contributed by atoms with Crippen molar-refractivity contribution >= 4 is 11.3 Å². The van der Waals surface area contributed by atoms with Crippen molar-refractivity contribution in [3.8, 4) is 10.6 Å². The van der Waals surface area contributed by atoms with Gasteiger partial charge in [0.25, 0.3) is 0 Å². The zero-order valence-corrected chi connectivity index (χ0v) is 11.2. The van der Waals surface area contributed by atoms with Gasteiger partial charge in [-0.15, -0.1) is 11.3 Å². The number of hydrogen-bond acceptors (Lipinski definition) is 4. The van der Waals surface area contributed by atoms with Gasteiger partial charge in [-0.2, -0.15) is 0 Å². The van der Waals surface area contributed by atoms with E-state index in [1.165, 1.54) is 12.1 Å². The number of hydrogen-bond donors (Lipinski definition) is 1. The average molecular weight is 266 g/mol. The highest BCUT2D eigenvalue weighted by molar-refractivity contribution is 7.15. The predicted molar refractivity (Wildman–Crippen MR) is 71.0 cm³/mol. The van der Waals surface area contributed by atoms with Gasteiger partial charge in [0.15, 0.2) is 0 Å². The summed E-state index contributed by atoms with van der Waals surface area (Å²) in [5.41, 5.74) is 1.87. The Morgan fingerprint density at radius 3 is 2.67 bits per heavy atom. The number of aromatic nitrogens is 1. The molecule has 5 heteroatoms. The molecule has 0 spiro atoms. The van der Waals surface area contributed by atoms with Crippen LogP contribution in [0.4, 0.5) is 4.39 Å². The minimum atomic E-state index is -0.233. The van der Waals surface area contributed by atoms with Crippen molar-refractivity contribution in [2.45, 2.75) is 13.2 Å². The largest absolute Gasteiger partial charge is 0.378 e. The molecule has 18 heavy (non-hydrogen) atoms. The Morgan fingerprint density at radius 1 is 1.33 bits per heavy atom. The van der Waals surface area contributed by atoms with Crippen LogP contribution in [0.15, 0.2) is 24.3 Å². The Balaban J connectivity index is 2.33. The minimum Gasteiger partial charge on any atom is -0.378 e. The first-order valence-corrected chi connectivity index (χ1v) is 6.44. The topological polar surface area (TPSA) is 34.2 Å². The molecule has 0 aliphatic carbocycles. The Kier molecular flexibility index (Phi) is 4.41. The summed E-state index contributed by atoms with van der Waals surface area (Å²) in [7, 11) is 3.55. The highest BCUT2D eigenvalue weighted by atomic mass is 32.1. The highest BCUT2D eigenvalue weighted by Gasteiger charge is 2.11. The maximum atomic E-state index is 12.9. The Hall–Kier alpha value is -1.30. The van der Waals surface area contributed by atoms with E-state index in [4.69, 9.17) is 4.74 Å². The second-order valence-corrected chi connectivity index (χ2v) is 4.94. The lowest BCUT2D eigenvalue weighted by Gasteiger charge is -1.98. The van der Waals surface area contributed by atoms with E-state index in [2.05, 4.69) is 10.3 Å². The van der Waals surface area contributed by atoms with Gasteiger partial charge in [-0.1, -0.05) is 0 Å². The van der Waals surface area contributed by atoms with Crippen molar-refractivity contribution < 1.29 is 9.13 Å². The van der Waals surface area contributed by atoms with E-state index in [1.807, 2.05) is 7.05 Å². The SMILES string of the molecule is CNCc1sc(-c2ccc(F)cc2)nc1COC. The number of nitrogens with one attached hydrogen (secondary N) is 1. The van der Waals surface area contributed by atoms with Crippen molar-refractivity contribution in [3.05, 3.63) is 40.7 Å². The van der Waals surface area contributed by atoms with Gasteiger partial charge in [0.05, 0.1) is 12.3 Å². The number of halogens is 1. The van der Waals surface area contributed by atoms with Gasteiger partial charge in [0.1, 0.15) is 10.8 Å². The molecule has 0 radical (unpaired) electrons. The molecule has 1 N–H and O–H groups in total. The minimum absolute atomic E-state index is 0.233. The van der Waals surface area contributed by atoms with Crippen molar-refractivity contribution in [2.24, 2.45) is 0 Å². The van der Waals surface area contributed by atoms with Gasteiger partial charge in [-0.05, 0) is 31.3 Å². The first-order chi connectivity index (χ1) is 8.74. The molecule has 0 atom stereocenters. The molecule has 0 aliphatic heterocycles. The van der Waals surface area contributed by atoms with Gasteiger partial charge < -0.3 is 10.1 Å². The molecule has 2 aromatic rings. The van der Waals surface area contributed by atoms with Crippen LogP contribution in [-0.2, 0) is 17.9 Å². The van der Waals surface area contributed by atoms with E-state index >= 15 is 0 Å². The molecule has 0 saturated heterocycles. The van der Waals surface area contributed by atoms with Crippen LogP contribution in [0.1, 0.15) is 10.6 Å². The number of thiazole rings is 1. The first kappa shape index (κ1) is 13.1. The van der Waals surface area contributed by atoms with E-state index in [0.29, 0.717) is 6.61 Å². The number of benzene rings is 1. The number of methoxy groups -OCH3 is 1. The molecule has 0 unspecified atom stereocenters. The standard InChI is InChI=1S/C13H15FN2OS/c1-15-7-12-11(8-17-2)16-13(18-12)9-3-5-10(14)6-4-9/h3-6,15H,7-8H2,1-2H3. The summed E-state index contributed by atoms with van der Waals surface area (Å²) in [5, 5.41) is 4.01. The normalized spacial score (nSPS) is 10.8. The first-order valence-electron chi connectivity index (χ1n) is 5.62. The second kappa shape index (κ2) is 6.04. The number of rotatable bonds is 5. The summed E-state index contributed by atoms with van der Waals surface area (Å²) in [6.45, 7) is 1.26. The van der Waals surface area contributed by atoms with Gasteiger partial charge >= 0.3 is 0 Å². The molecule has 1 heterocycles. The molecule has 96 valence electrons. The van der Waals surface area contributed by atoms with Crippen LogP contribution < -0.4 is 5.32 Å². The third-order valence-electron chi connectivity index (χ3n) is 2.49. The van der Waals surface area contributed by atoms with Crippen LogP contribution >= 0.6 is 11.3 Å². The molecule has 3 nitrogen and oxygen atoms in total. The quantitative estimate of drug-likeness (QED) is 0.903. The molecular weight excluding hydrogens is 251 g/mol. The molecular formula is C13H15FN2OS. The van der Waals surface area contributed by atoms with E-state index in [9.17, 15) is 4.39 Å². The molecule has 0 aliphatic rings. The predicted octanol–water partition coefficient (Wildman–Crippen LogP) is 2.82. The lowest BCUT2D eigenvalue weighted by molar-refractivity contribution is 0.181. The van der Waals surface area contributed by atoms with Crippen LogP contribution in [-0.4, -0.2) is 19.1 Å². The van der Waals surface area contributed by atoms with E-state index in [0.717, 1.165) is 27.7 Å². The van der Waals surface area contributed by atoms with Gasteiger partial charge in [-0.3, -0.25) is 0 Å². The Morgan fingerprint density at radius 2 is 2.06 bits per heavy atom. The average Bonchev–Trinajstić information content (AvgIpc) is 2.75. The third kappa shape index (κ3) is 2.93. The van der Waals surface area contributed by atoms with E-state index < -0.39 is 0 Å². The van der Waals surface area contributed by atoms with Crippen molar-refractivity contribution in [2.75, 3.05) is 14.2 Å². The molecule has 0 bridgehead atoms. The van der Waals surface area contributed by atoms with E-state index in [1.54, 1.807) is 30.6 Å². The summed E-state index contributed by atoms with van der Waals surface area (Å²) in [6.07, 6.45) is 0. The third-order valence-corrected chi connectivity index (χ3v) is 3.63. The summed E-state index contributed by atoms with van der Waals surface area (Å²) in [4.78, 5) is 5.70. The van der Waals surface area contributed by atoms with Crippen LogP contribution in [0.2, 0.25) is 0 Å².